The van der Waals surface area contributed by atoms with E-state index in [2.05, 4.69) is 27.0 Å². The number of amidine groups is 1. The van der Waals surface area contributed by atoms with Gasteiger partial charge in [-0.1, -0.05) is 23.7 Å². The van der Waals surface area contributed by atoms with E-state index in [9.17, 15) is 0 Å². The van der Waals surface area contributed by atoms with E-state index in [1.165, 1.54) is 0 Å². The molecule has 3 N–H and O–H groups in total. The van der Waals surface area contributed by atoms with Gasteiger partial charge in [-0.05, 0) is 6.42 Å². The van der Waals surface area contributed by atoms with Crippen LogP contribution >= 0.6 is 11.6 Å². The fourth-order valence-electron chi connectivity index (χ4n) is 2.57. The summed E-state index contributed by atoms with van der Waals surface area (Å²) in [5, 5.41) is 16.9. The van der Waals surface area contributed by atoms with Crippen LogP contribution in [0.5, 0.6) is 0 Å². The quantitative estimate of drug-likeness (QED) is 0.358. The van der Waals surface area contributed by atoms with Crippen molar-refractivity contribution in [3.8, 4) is 0 Å². The van der Waals surface area contributed by atoms with E-state index < -0.39 is 0 Å². The normalized spacial score (nSPS) is 18.3. The molecule has 0 amide bonds. The van der Waals surface area contributed by atoms with Gasteiger partial charge in [-0.2, -0.15) is 5.10 Å². The van der Waals surface area contributed by atoms with E-state index in [1.807, 2.05) is 11.7 Å². The third-order valence-corrected chi connectivity index (χ3v) is 4.29. The van der Waals surface area contributed by atoms with Gasteiger partial charge in [-0.15, -0.1) is 0 Å². The average Bonchev–Trinajstić information content (AvgIpc) is 2.76. The first-order valence-electron chi connectivity index (χ1n) is 7.16. The minimum absolute atomic E-state index is 0.255. The van der Waals surface area contributed by atoms with Crippen molar-refractivity contribution in [2.75, 3.05) is 32.7 Å². The average molecular weight is 315 g/mol. The molecule has 1 aromatic heterocycles. The van der Waals surface area contributed by atoms with Crippen LogP contribution in [0.25, 0.3) is 0 Å². The predicted molar refractivity (Wildman–Crippen MR) is 82.7 cm³/mol. The van der Waals surface area contributed by atoms with Gasteiger partial charge >= 0.3 is 0 Å². The van der Waals surface area contributed by atoms with Gasteiger partial charge in [0.2, 0.25) is 0 Å². The Morgan fingerprint density at radius 1 is 1.33 bits per heavy atom. The third-order valence-electron chi connectivity index (χ3n) is 3.86. The molecule has 1 saturated heterocycles. The number of hydrogen-bond acceptors (Lipinski definition) is 5. The highest BCUT2D eigenvalue weighted by Crippen LogP contribution is 2.22. The van der Waals surface area contributed by atoms with Gasteiger partial charge in [0, 0.05) is 39.8 Å². The highest BCUT2D eigenvalue weighted by atomic mass is 35.5. The van der Waals surface area contributed by atoms with E-state index in [-0.39, 0.29) is 5.84 Å². The number of rotatable bonds is 5. The lowest BCUT2D eigenvalue weighted by atomic mass is 10.2. The van der Waals surface area contributed by atoms with Crippen LogP contribution in [0.15, 0.2) is 5.16 Å². The smallest absolute Gasteiger partial charge is 0.153 e. The fraction of sp³-hybridized carbons (Fsp3) is 0.692. The lowest BCUT2D eigenvalue weighted by molar-refractivity contribution is 0.136. The molecule has 0 unspecified atom stereocenters. The maximum absolute atomic E-state index is 8.60. The summed E-state index contributed by atoms with van der Waals surface area (Å²) < 4.78 is 1.88. The Hall–Kier alpha value is -1.31. The maximum atomic E-state index is 8.60. The molecule has 0 spiro atoms. The number of nitrogens with zero attached hydrogens (tertiary/aromatic N) is 5. The largest absolute Gasteiger partial charge is 0.409 e. The molecule has 0 radical (unpaired) electrons. The molecule has 118 valence electrons. The van der Waals surface area contributed by atoms with E-state index in [1.54, 1.807) is 0 Å². The van der Waals surface area contributed by atoms with Crippen molar-refractivity contribution < 1.29 is 5.21 Å². The van der Waals surface area contributed by atoms with Gasteiger partial charge in [0.1, 0.15) is 0 Å². The molecular weight excluding hydrogens is 292 g/mol. The van der Waals surface area contributed by atoms with Gasteiger partial charge in [0.15, 0.2) is 5.84 Å². The Balaban J connectivity index is 1.91. The van der Waals surface area contributed by atoms with Crippen LogP contribution in [0.3, 0.4) is 0 Å². The molecule has 0 atom stereocenters. The van der Waals surface area contributed by atoms with E-state index in [4.69, 9.17) is 22.5 Å². The zero-order valence-corrected chi connectivity index (χ0v) is 13.3. The minimum Gasteiger partial charge on any atom is -0.409 e. The van der Waals surface area contributed by atoms with Crippen molar-refractivity contribution in [3.63, 3.8) is 0 Å². The van der Waals surface area contributed by atoms with Gasteiger partial charge in [0.25, 0.3) is 0 Å². The Labute approximate surface area is 129 Å². The lowest BCUT2D eigenvalue weighted by Gasteiger charge is -2.34. The second-order valence-electron chi connectivity index (χ2n) is 5.33. The molecule has 1 aromatic rings. The summed E-state index contributed by atoms with van der Waals surface area (Å²) in [6, 6.07) is 0. The van der Waals surface area contributed by atoms with Crippen LogP contribution in [-0.4, -0.2) is 63.3 Å². The van der Waals surface area contributed by atoms with Crippen LogP contribution in [0, 0.1) is 0 Å². The Morgan fingerprint density at radius 2 is 1.95 bits per heavy atom. The summed E-state index contributed by atoms with van der Waals surface area (Å²) >= 11 is 6.38. The number of piperazine rings is 1. The molecule has 1 aliphatic heterocycles. The molecule has 1 aliphatic rings. The van der Waals surface area contributed by atoms with E-state index >= 15 is 0 Å². The molecule has 2 rings (SSSR count). The van der Waals surface area contributed by atoms with Crippen LogP contribution in [0.4, 0.5) is 0 Å². The molecule has 1 fully saturated rings. The maximum Gasteiger partial charge on any atom is 0.153 e. The number of oxime groups is 1. The van der Waals surface area contributed by atoms with Gasteiger partial charge in [-0.25, -0.2) is 0 Å². The Bertz CT molecular complexity index is 507. The monoisotopic (exact) mass is 314 g/mol. The number of halogens is 1. The second kappa shape index (κ2) is 7.11. The fourth-order valence-corrected chi connectivity index (χ4v) is 2.92. The SMILES string of the molecule is CCc1nn(C)c(CN2CCN(CC(N)=NO)CC2)c1Cl. The summed E-state index contributed by atoms with van der Waals surface area (Å²) in [6.45, 7) is 7.03. The summed E-state index contributed by atoms with van der Waals surface area (Å²) in [4.78, 5) is 4.53. The van der Waals surface area contributed by atoms with Crippen LogP contribution in [-0.2, 0) is 20.0 Å². The molecule has 8 heteroatoms. The summed E-state index contributed by atoms with van der Waals surface area (Å²) in [6.07, 6.45) is 0.847. The Kier molecular flexibility index (Phi) is 5.44. The van der Waals surface area contributed by atoms with Crippen molar-refractivity contribution in [1.29, 1.82) is 0 Å². The van der Waals surface area contributed by atoms with E-state index in [0.717, 1.165) is 55.6 Å². The summed E-state index contributed by atoms with van der Waals surface area (Å²) in [5.41, 5.74) is 7.56. The highest BCUT2D eigenvalue weighted by Gasteiger charge is 2.21. The zero-order valence-electron chi connectivity index (χ0n) is 12.6. The molecule has 2 heterocycles. The van der Waals surface area contributed by atoms with Crippen LogP contribution in [0.2, 0.25) is 5.02 Å². The van der Waals surface area contributed by atoms with Gasteiger partial charge < -0.3 is 10.9 Å². The number of aryl methyl sites for hydroxylation is 2. The van der Waals surface area contributed by atoms with Gasteiger partial charge in [-0.3, -0.25) is 14.5 Å². The Morgan fingerprint density at radius 3 is 2.48 bits per heavy atom. The first-order chi connectivity index (χ1) is 10.0. The minimum atomic E-state index is 0.255. The van der Waals surface area contributed by atoms with Crippen molar-refractivity contribution in [2.24, 2.45) is 17.9 Å². The molecule has 21 heavy (non-hydrogen) atoms. The topological polar surface area (TPSA) is 82.9 Å². The van der Waals surface area contributed by atoms with Crippen LogP contribution in [0.1, 0.15) is 18.3 Å². The third kappa shape index (κ3) is 3.87. The zero-order chi connectivity index (χ0) is 15.4. The second-order valence-corrected chi connectivity index (χ2v) is 5.71. The molecule has 0 aliphatic carbocycles. The van der Waals surface area contributed by atoms with Crippen molar-refractivity contribution in [2.45, 2.75) is 19.9 Å². The first kappa shape index (κ1) is 16.1. The number of nitrogens with two attached hydrogens (primary N) is 1. The molecular formula is C13H23ClN6O. The van der Waals surface area contributed by atoms with Gasteiger partial charge in [0.05, 0.1) is 23.0 Å². The standard InChI is InChI=1S/C13H23ClN6O/c1-3-10-13(14)11(18(2)16-10)8-19-4-6-20(7-5-19)9-12(15)17-21/h21H,3-9H2,1-2H3,(H2,15,17). The molecule has 0 saturated carbocycles. The van der Waals surface area contributed by atoms with Crippen molar-refractivity contribution in [3.05, 3.63) is 16.4 Å². The molecule has 7 nitrogen and oxygen atoms in total. The molecule has 0 aromatic carbocycles. The highest BCUT2D eigenvalue weighted by molar-refractivity contribution is 6.31. The lowest BCUT2D eigenvalue weighted by Crippen LogP contribution is -2.48. The number of hydrogen-bond donors (Lipinski definition) is 2. The molecule has 0 bridgehead atoms. The van der Waals surface area contributed by atoms with Crippen molar-refractivity contribution in [1.82, 2.24) is 19.6 Å². The van der Waals surface area contributed by atoms with Crippen LogP contribution < -0.4 is 5.73 Å². The van der Waals surface area contributed by atoms with E-state index in [0.29, 0.717) is 6.54 Å². The summed E-state index contributed by atoms with van der Waals surface area (Å²) in [5.74, 6) is 0.255. The number of aromatic nitrogens is 2. The van der Waals surface area contributed by atoms with Crippen molar-refractivity contribution >= 4 is 17.4 Å². The summed E-state index contributed by atoms with van der Waals surface area (Å²) in [7, 11) is 1.94. The first-order valence-corrected chi connectivity index (χ1v) is 7.54. The predicted octanol–water partition coefficient (Wildman–Crippen LogP) is 0.500.